The van der Waals surface area contributed by atoms with Gasteiger partial charge in [-0.15, -0.1) is 0 Å². The topological polar surface area (TPSA) is 9.23 Å². The highest BCUT2D eigenvalue weighted by molar-refractivity contribution is 4.97. The third-order valence-corrected chi connectivity index (χ3v) is 1.62. The lowest BCUT2D eigenvalue weighted by atomic mass is 9.89. The molecule has 0 unspecified atom stereocenters. The molecular weight excluding hydrogens is 172 g/mol. The molecule has 0 N–H and O–H groups in total. The molecule has 0 aromatic carbocycles. The Morgan fingerprint density at radius 3 is 1.86 bits per heavy atom. The minimum absolute atomic E-state index is 0.252. The zero-order chi connectivity index (χ0) is 11.4. The predicted molar refractivity (Wildman–Crippen MR) is 63.5 cm³/mol. The average Bonchev–Trinajstić information content (AvgIpc) is 1.78. The zero-order valence-corrected chi connectivity index (χ0v) is 10.7. The molecule has 14 heavy (non-hydrogen) atoms. The van der Waals surface area contributed by atoms with Crippen LogP contribution < -0.4 is 0 Å². The summed E-state index contributed by atoms with van der Waals surface area (Å²) in [7, 11) is 0. The molecule has 0 saturated carbocycles. The molecule has 0 saturated heterocycles. The normalized spacial score (nSPS) is 13.0. The van der Waals surface area contributed by atoms with Crippen LogP contribution in [-0.4, -0.2) is 13.2 Å². The van der Waals surface area contributed by atoms with Gasteiger partial charge in [0.25, 0.3) is 0 Å². The summed E-state index contributed by atoms with van der Waals surface area (Å²) in [5.41, 5.74) is 1.77. The molecule has 0 aliphatic carbocycles. The number of hydrogen-bond donors (Lipinski definition) is 0. The first-order valence-corrected chi connectivity index (χ1v) is 5.35. The van der Waals surface area contributed by atoms with Gasteiger partial charge in [0.1, 0.15) is 0 Å². The molecule has 0 amide bonds. The van der Waals surface area contributed by atoms with Crippen molar-refractivity contribution in [2.24, 2.45) is 10.8 Å². The van der Waals surface area contributed by atoms with Gasteiger partial charge in [-0.1, -0.05) is 53.7 Å². The fourth-order valence-corrected chi connectivity index (χ4v) is 1.30. The van der Waals surface area contributed by atoms with Crippen LogP contribution in [0, 0.1) is 10.8 Å². The highest BCUT2D eigenvalue weighted by Gasteiger charge is 2.13. The smallest absolute Gasteiger partial charge is 0.0674 e. The van der Waals surface area contributed by atoms with Crippen LogP contribution in [0.25, 0.3) is 0 Å². The van der Waals surface area contributed by atoms with Crippen molar-refractivity contribution in [1.29, 1.82) is 0 Å². The molecule has 0 bridgehead atoms. The molecular formula is C13H26O. The fourth-order valence-electron chi connectivity index (χ4n) is 1.30. The first-order chi connectivity index (χ1) is 6.10. The van der Waals surface area contributed by atoms with E-state index in [1.54, 1.807) is 0 Å². The number of hydrogen-bond acceptors (Lipinski definition) is 1. The molecule has 0 aromatic rings. The van der Waals surface area contributed by atoms with E-state index in [1.807, 2.05) is 0 Å². The van der Waals surface area contributed by atoms with Crippen LogP contribution in [0.2, 0.25) is 0 Å². The Morgan fingerprint density at radius 1 is 1.00 bits per heavy atom. The summed E-state index contributed by atoms with van der Waals surface area (Å²) in [5.74, 6) is 0. The lowest BCUT2D eigenvalue weighted by Crippen LogP contribution is -2.16. The van der Waals surface area contributed by atoms with Crippen molar-refractivity contribution in [2.75, 3.05) is 13.2 Å². The Balaban J connectivity index is 3.66. The molecule has 0 heterocycles. The van der Waals surface area contributed by atoms with Crippen molar-refractivity contribution in [1.82, 2.24) is 0 Å². The second-order valence-electron chi connectivity index (χ2n) is 6.54. The molecule has 1 nitrogen and oxygen atoms in total. The Labute approximate surface area is 89.5 Å². The van der Waals surface area contributed by atoms with Crippen molar-refractivity contribution in [3.63, 3.8) is 0 Å². The maximum Gasteiger partial charge on any atom is 0.0674 e. The van der Waals surface area contributed by atoms with E-state index in [0.29, 0.717) is 12.0 Å². The van der Waals surface area contributed by atoms with E-state index in [0.717, 1.165) is 13.0 Å². The van der Waals surface area contributed by atoms with Crippen molar-refractivity contribution >= 4 is 0 Å². The Hall–Kier alpha value is -0.300. The van der Waals surface area contributed by atoms with Crippen LogP contribution in [-0.2, 0) is 4.74 Å². The summed E-state index contributed by atoms with van der Waals surface area (Å²) in [5, 5.41) is 0. The molecule has 84 valence electrons. The van der Waals surface area contributed by atoms with Crippen molar-refractivity contribution < 1.29 is 4.74 Å². The molecule has 0 fully saturated rings. The van der Waals surface area contributed by atoms with Gasteiger partial charge >= 0.3 is 0 Å². The van der Waals surface area contributed by atoms with E-state index >= 15 is 0 Å². The van der Waals surface area contributed by atoms with E-state index in [4.69, 9.17) is 4.74 Å². The van der Waals surface area contributed by atoms with Gasteiger partial charge in [-0.2, -0.15) is 0 Å². The third-order valence-electron chi connectivity index (χ3n) is 1.62. The van der Waals surface area contributed by atoms with Gasteiger partial charge in [-0.3, -0.25) is 0 Å². The highest BCUT2D eigenvalue weighted by atomic mass is 16.5. The third kappa shape index (κ3) is 9.79. The minimum Gasteiger partial charge on any atom is -0.377 e. The molecule has 0 radical (unpaired) electrons. The first kappa shape index (κ1) is 13.7. The Kier molecular flexibility index (Phi) is 4.87. The molecule has 0 atom stereocenters. The van der Waals surface area contributed by atoms with Gasteiger partial charge in [0.05, 0.1) is 13.2 Å². The minimum atomic E-state index is 0.252. The number of rotatable bonds is 4. The molecule has 0 aliphatic rings. The van der Waals surface area contributed by atoms with Gasteiger partial charge in [0, 0.05) is 0 Å². The van der Waals surface area contributed by atoms with E-state index in [2.05, 4.69) is 48.1 Å². The average molecular weight is 198 g/mol. The lowest BCUT2D eigenvalue weighted by molar-refractivity contribution is 0.0838. The van der Waals surface area contributed by atoms with Crippen molar-refractivity contribution in [2.45, 2.75) is 48.0 Å². The van der Waals surface area contributed by atoms with Gasteiger partial charge in [0.15, 0.2) is 0 Å². The molecule has 0 aliphatic heterocycles. The summed E-state index contributed by atoms with van der Waals surface area (Å²) >= 11 is 0. The van der Waals surface area contributed by atoms with E-state index in [1.165, 1.54) is 5.57 Å². The molecule has 1 heteroatoms. The second kappa shape index (κ2) is 4.97. The standard InChI is InChI=1S/C13H26O/c1-11(8-12(2,3)4)9-14-10-13(5,6)7/h1,8-10H2,2-7H3. The summed E-state index contributed by atoms with van der Waals surface area (Å²) < 4.78 is 5.61. The Morgan fingerprint density at radius 2 is 1.50 bits per heavy atom. The van der Waals surface area contributed by atoms with Crippen LogP contribution in [0.3, 0.4) is 0 Å². The maximum absolute atomic E-state index is 5.61. The van der Waals surface area contributed by atoms with Gasteiger partial charge < -0.3 is 4.74 Å². The van der Waals surface area contributed by atoms with Crippen molar-refractivity contribution in [3.05, 3.63) is 12.2 Å². The van der Waals surface area contributed by atoms with E-state index in [-0.39, 0.29) is 5.41 Å². The molecule has 0 spiro atoms. The number of ether oxygens (including phenoxy) is 1. The zero-order valence-electron chi connectivity index (χ0n) is 10.7. The van der Waals surface area contributed by atoms with Crippen LogP contribution in [0.5, 0.6) is 0 Å². The van der Waals surface area contributed by atoms with Crippen LogP contribution in [0.15, 0.2) is 12.2 Å². The Bertz CT molecular complexity index is 178. The summed E-state index contributed by atoms with van der Waals surface area (Å²) in [6, 6.07) is 0. The summed E-state index contributed by atoms with van der Waals surface area (Å²) in [6.45, 7) is 18.8. The van der Waals surface area contributed by atoms with Gasteiger partial charge in [-0.25, -0.2) is 0 Å². The van der Waals surface area contributed by atoms with Gasteiger partial charge in [-0.05, 0) is 17.3 Å². The van der Waals surface area contributed by atoms with E-state index in [9.17, 15) is 0 Å². The van der Waals surface area contributed by atoms with Crippen LogP contribution in [0.4, 0.5) is 0 Å². The van der Waals surface area contributed by atoms with Crippen LogP contribution >= 0.6 is 0 Å². The van der Waals surface area contributed by atoms with E-state index < -0.39 is 0 Å². The lowest BCUT2D eigenvalue weighted by Gasteiger charge is -2.22. The van der Waals surface area contributed by atoms with Gasteiger partial charge in [0.2, 0.25) is 0 Å². The maximum atomic E-state index is 5.61. The monoisotopic (exact) mass is 198 g/mol. The fraction of sp³-hybridized carbons (Fsp3) is 0.846. The van der Waals surface area contributed by atoms with Crippen molar-refractivity contribution in [3.8, 4) is 0 Å². The highest BCUT2D eigenvalue weighted by Crippen LogP contribution is 2.23. The molecule has 0 rings (SSSR count). The van der Waals surface area contributed by atoms with Crippen LogP contribution in [0.1, 0.15) is 48.0 Å². The second-order valence-corrected chi connectivity index (χ2v) is 6.54. The SMILES string of the molecule is C=C(COCC(C)(C)C)CC(C)(C)C. The first-order valence-electron chi connectivity index (χ1n) is 5.35. The largest absolute Gasteiger partial charge is 0.377 e. The summed E-state index contributed by atoms with van der Waals surface area (Å²) in [6.07, 6.45) is 1.04. The summed E-state index contributed by atoms with van der Waals surface area (Å²) in [4.78, 5) is 0. The quantitative estimate of drug-likeness (QED) is 0.619. The predicted octanol–water partition coefficient (Wildman–Crippen LogP) is 4.04. The molecule has 0 aromatic heterocycles.